The molecule has 1 unspecified atom stereocenters. The average molecular weight is 204 g/mol. The largest absolute Gasteiger partial charge is 0.483 e. The maximum Gasteiger partial charge on any atom is 0.483 e. The van der Waals surface area contributed by atoms with E-state index in [1.165, 1.54) is 0 Å². The van der Waals surface area contributed by atoms with Crippen molar-refractivity contribution in [3.8, 4) is 0 Å². The molecule has 0 aromatic carbocycles. The summed E-state index contributed by atoms with van der Waals surface area (Å²) in [6.45, 7) is -4.23. The number of aromatic amines is 1. The number of aromatic nitrogens is 2. The Morgan fingerprint density at radius 2 is 2.29 bits per heavy atom. The minimum absolute atomic E-state index is 0.0387. The van der Waals surface area contributed by atoms with Gasteiger partial charge in [-0.3, -0.25) is 0 Å². The van der Waals surface area contributed by atoms with Crippen molar-refractivity contribution in [3.05, 3.63) is 12.4 Å². The van der Waals surface area contributed by atoms with Gasteiger partial charge in [0, 0.05) is 18.9 Å². The van der Waals surface area contributed by atoms with Crippen molar-refractivity contribution in [2.75, 3.05) is 18.0 Å². The number of anilines is 1. The Balaban J connectivity index is 2.02. The molecule has 0 aliphatic carbocycles. The van der Waals surface area contributed by atoms with E-state index in [9.17, 15) is 12.9 Å². The van der Waals surface area contributed by atoms with E-state index >= 15 is 0 Å². The first-order valence-corrected chi connectivity index (χ1v) is 4.51. The minimum atomic E-state index is -4.70. The van der Waals surface area contributed by atoms with Crippen LogP contribution in [0.4, 0.5) is 18.9 Å². The Kier molecular flexibility index (Phi) is 2.17. The van der Waals surface area contributed by atoms with Gasteiger partial charge >= 0.3 is 6.98 Å². The quantitative estimate of drug-likeness (QED) is 0.745. The lowest BCUT2D eigenvalue weighted by atomic mass is 9.72. The van der Waals surface area contributed by atoms with Crippen molar-refractivity contribution >= 4 is 12.9 Å². The van der Waals surface area contributed by atoms with E-state index in [2.05, 4.69) is 9.97 Å². The molecule has 1 aliphatic heterocycles. The summed E-state index contributed by atoms with van der Waals surface area (Å²) in [5, 5.41) is 0. The summed E-state index contributed by atoms with van der Waals surface area (Å²) in [7, 11) is 0. The van der Waals surface area contributed by atoms with Crippen molar-refractivity contribution < 1.29 is 12.9 Å². The van der Waals surface area contributed by atoms with Crippen LogP contribution in [-0.4, -0.2) is 30.0 Å². The fourth-order valence-corrected chi connectivity index (χ4v) is 1.72. The highest BCUT2D eigenvalue weighted by atomic mass is 19.4. The van der Waals surface area contributed by atoms with Crippen LogP contribution in [0.1, 0.15) is 6.42 Å². The number of hydrogen-bond acceptors (Lipinski definition) is 2. The molecule has 0 saturated carbocycles. The first-order valence-electron chi connectivity index (χ1n) is 4.51. The monoisotopic (exact) mass is 204 g/mol. The van der Waals surface area contributed by atoms with Crippen molar-refractivity contribution in [2.45, 2.75) is 12.2 Å². The standard InChI is InChI=1S/C7H10BF3N3/c9-8(10,11)6-1-4-14(5-6)7-12-2-3-13-7/h2-3,6H,1,4-5H2,(H,12,13)/q-1. The zero-order valence-corrected chi connectivity index (χ0v) is 7.46. The predicted octanol–water partition coefficient (Wildman–Crippen LogP) is 1.84. The van der Waals surface area contributed by atoms with E-state index in [-0.39, 0.29) is 13.0 Å². The van der Waals surface area contributed by atoms with Crippen molar-refractivity contribution in [1.29, 1.82) is 0 Å². The molecule has 1 N–H and O–H groups in total. The molecule has 2 heterocycles. The predicted molar refractivity (Wildman–Crippen MR) is 48.2 cm³/mol. The van der Waals surface area contributed by atoms with Gasteiger partial charge in [0.25, 0.3) is 0 Å². The maximum atomic E-state index is 12.4. The van der Waals surface area contributed by atoms with Crippen LogP contribution in [0.15, 0.2) is 12.4 Å². The number of rotatable bonds is 2. The first-order chi connectivity index (χ1) is 6.57. The molecule has 1 atom stereocenters. The topological polar surface area (TPSA) is 31.9 Å². The second-order valence-corrected chi connectivity index (χ2v) is 3.53. The number of hydrogen-bond donors (Lipinski definition) is 1. The molecule has 3 nitrogen and oxygen atoms in total. The van der Waals surface area contributed by atoms with Gasteiger partial charge in [0.1, 0.15) is 0 Å². The van der Waals surface area contributed by atoms with Crippen LogP contribution in [0.3, 0.4) is 0 Å². The summed E-state index contributed by atoms with van der Waals surface area (Å²) in [5.74, 6) is -0.618. The van der Waals surface area contributed by atoms with Gasteiger partial charge in [-0.05, 0) is 6.54 Å². The number of nitrogens with zero attached hydrogens (tertiary/aromatic N) is 2. The average Bonchev–Trinajstić information content (AvgIpc) is 2.73. The molecule has 78 valence electrons. The molecule has 0 bridgehead atoms. The molecule has 0 spiro atoms. The second kappa shape index (κ2) is 3.22. The highest BCUT2D eigenvalue weighted by Gasteiger charge is 2.39. The van der Waals surface area contributed by atoms with Gasteiger partial charge in [-0.25, -0.2) is 4.98 Å². The SMILES string of the molecule is F[B-](F)(F)C1CCN(c2ncc[nH]2)C1. The van der Waals surface area contributed by atoms with Crippen LogP contribution < -0.4 is 4.90 Å². The van der Waals surface area contributed by atoms with Crippen LogP contribution >= 0.6 is 0 Å². The van der Waals surface area contributed by atoms with E-state index in [1.54, 1.807) is 17.3 Å². The third-order valence-corrected chi connectivity index (χ3v) is 2.54. The third kappa shape index (κ3) is 1.71. The van der Waals surface area contributed by atoms with E-state index in [1.807, 2.05) is 0 Å². The lowest BCUT2D eigenvalue weighted by molar-refractivity contribution is 0.439. The van der Waals surface area contributed by atoms with Gasteiger partial charge < -0.3 is 22.8 Å². The van der Waals surface area contributed by atoms with Gasteiger partial charge in [0.2, 0.25) is 5.95 Å². The maximum absolute atomic E-state index is 12.4. The van der Waals surface area contributed by atoms with Crippen LogP contribution in [-0.2, 0) is 0 Å². The molecule has 7 heteroatoms. The zero-order valence-electron chi connectivity index (χ0n) is 7.46. The van der Waals surface area contributed by atoms with E-state index in [0.717, 1.165) is 0 Å². The van der Waals surface area contributed by atoms with E-state index in [0.29, 0.717) is 12.5 Å². The Hall–Kier alpha value is -1.14. The Morgan fingerprint density at radius 3 is 2.79 bits per heavy atom. The molecule has 1 aliphatic rings. The highest BCUT2D eigenvalue weighted by Crippen LogP contribution is 2.35. The van der Waals surface area contributed by atoms with Crippen molar-refractivity contribution in [1.82, 2.24) is 9.97 Å². The van der Waals surface area contributed by atoms with Crippen LogP contribution in [0.2, 0.25) is 5.82 Å². The minimum Gasteiger partial charge on any atom is -0.449 e. The summed E-state index contributed by atoms with van der Waals surface area (Å²) >= 11 is 0. The molecule has 2 rings (SSSR count). The molecule has 1 aromatic heterocycles. The van der Waals surface area contributed by atoms with Gasteiger partial charge in [0.05, 0.1) is 0 Å². The second-order valence-electron chi connectivity index (χ2n) is 3.53. The lowest BCUT2D eigenvalue weighted by Crippen LogP contribution is -2.28. The molecule has 14 heavy (non-hydrogen) atoms. The fourth-order valence-electron chi connectivity index (χ4n) is 1.72. The number of imidazole rings is 1. The summed E-state index contributed by atoms with van der Waals surface area (Å²) in [5.41, 5.74) is 0. The molecule has 0 amide bonds. The first kappa shape index (κ1) is 9.42. The third-order valence-electron chi connectivity index (χ3n) is 2.54. The molecular weight excluding hydrogens is 194 g/mol. The van der Waals surface area contributed by atoms with E-state index < -0.39 is 12.8 Å². The van der Waals surface area contributed by atoms with Crippen molar-refractivity contribution in [2.24, 2.45) is 0 Å². The number of nitrogens with one attached hydrogen (secondary N) is 1. The molecule has 0 radical (unpaired) electrons. The normalized spacial score (nSPS) is 23.1. The van der Waals surface area contributed by atoms with Gasteiger partial charge in [-0.1, -0.05) is 12.2 Å². The highest BCUT2D eigenvalue weighted by molar-refractivity contribution is 6.60. The number of H-pyrrole nitrogens is 1. The van der Waals surface area contributed by atoms with Gasteiger partial charge in [-0.2, -0.15) is 0 Å². The fraction of sp³-hybridized carbons (Fsp3) is 0.571. The Labute approximate surface area is 79.4 Å². The summed E-state index contributed by atoms with van der Waals surface area (Å²) in [6.07, 6.45) is 3.34. The summed E-state index contributed by atoms with van der Waals surface area (Å²) < 4.78 is 37.1. The van der Waals surface area contributed by atoms with Gasteiger partial charge in [0.15, 0.2) is 0 Å². The van der Waals surface area contributed by atoms with Crippen LogP contribution in [0.5, 0.6) is 0 Å². The molecular formula is C7H10BF3N3-. The molecule has 1 saturated heterocycles. The molecule has 1 aromatic rings. The zero-order chi connectivity index (χ0) is 10.2. The van der Waals surface area contributed by atoms with E-state index in [4.69, 9.17) is 0 Å². The Bertz CT molecular complexity index is 298. The Morgan fingerprint density at radius 1 is 1.50 bits per heavy atom. The van der Waals surface area contributed by atoms with Crippen LogP contribution in [0, 0.1) is 0 Å². The number of halogens is 3. The van der Waals surface area contributed by atoms with Gasteiger partial charge in [-0.15, -0.1) is 0 Å². The summed E-state index contributed by atoms with van der Waals surface area (Å²) in [4.78, 5) is 8.37. The van der Waals surface area contributed by atoms with Crippen LogP contribution in [0.25, 0.3) is 0 Å². The summed E-state index contributed by atoms with van der Waals surface area (Å²) in [6, 6.07) is 0. The smallest absolute Gasteiger partial charge is 0.449 e. The molecule has 1 fully saturated rings. The van der Waals surface area contributed by atoms with Crippen molar-refractivity contribution in [3.63, 3.8) is 0 Å². The lowest BCUT2D eigenvalue weighted by Gasteiger charge is -2.22.